The number of rotatable bonds is 1. The summed E-state index contributed by atoms with van der Waals surface area (Å²) in [5.74, 6) is -0.953. The van der Waals surface area contributed by atoms with Gasteiger partial charge in [-0.25, -0.2) is 4.79 Å². The summed E-state index contributed by atoms with van der Waals surface area (Å²) in [5.41, 5.74) is -0.569. The first-order valence-corrected chi connectivity index (χ1v) is 5.66. The Hall–Kier alpha value is -1.30. The Labute approximate surface area is 101 Å². The van der Waals surface area contributed by atoms with Gasteiger partial charge in [-0.1, -0.05) is 0 Å². The number of ether oxygens (including phenoxy) is 1. The topological polar surface area (TPSA) is 78.9 Å². The molecule has 6 nitrogen and oxygen atoms in total. The molecule has 0 radical (unpaired) electrons. The zero-order valence-corrected chi connectivity index (χ0v) is 10.7. The zero-order valence-electron chi connectivity index (χ0n) is 10.7. The largest absolute Gasteiger partial charge is 0.480 e. The Morgan fingerprint density at radius 1 is 1.41 bits per heavy atom. The molecule has 17 heavy (non-hydrogen) atoms. The van der Waals surface area contributed by atoms with Gasteiger partial charge in [0.15, 0.2) is 0 Å². The fourth-order valence-electron chi connectivity index (χ4n) is 1.60. The molecule has 0 aliphatic carbocycles. The number of carbonyl (C=O) groups excluding carboxylic acids is 1. The van der Waals surface area contributed by atoms with E-state index in [9.17, 15) is 9.59 Å². The van der Waals surface area contributed by atoms with Crippen LogP contribution in [0.15, 0.2) is 0 Å². The van der Waals surface area contributed by atoms with E-state index in [1.807, 2.05) is 6.92 Å². The van der Waals surface area contributed by atoms with Gasteiger partial charge in [0.1, 0.15) is 11.6 Å². The van der Waals surface area contributed by atoms with Crippen LogP contribution in [0.25, 0.3) is 0 Å². The van der Waals surface area contributed by atoms with Gasteiger partial charge in [-0.2, -0.15) is 0 Å². The highest BCUT2D eigenvalue weighted by Crippen LogP contribution is 2.14. The summed E-state index contributed by atoms with van der Waals surface area (Å²) < 4.78 is 5.24. The molecule has 0 aromatic rings. The average molecular weight is 244 g/mol. The lowest BCUT2D eigenvalue weighted by Crippen LogP contribution is -2.60. The molecular formula is C11H20N2O4. The first-order chi connectivity index (χ1) is 7.70. The number of carboxylic acids is 1. The van der Waals surface area contributed by atoms with Crippen LogP contribution in [0.3, 0.4) is 0 Å². The van der Waals surface area contributed by atoms with E-state index in [-0.39, 0.29) is 12.6 Å². The average Bonchev–Trinajstić information content (AvgIpc) is 2.14. The maximum Gasteiger partial charge on any atom is 0.410 e. The van der Waals surface area contributed by atoms with Crippen LogP contribution in [0.1, 0.15) is 27.7 Å². The SMILES string of the molecule is C[C@H]1CN[C@@H](C(=O)O)CN1C(=O)OC(C)(C)C. The third-order valence-electron chi connectivity index (χ3n) is 2.50. The number of carboxylic acid groups (broad SMARTS) is 1. The third-order valence-corrected chi connectivity index (χ3v) is 2.50. The molecule has 1 aliphatic rings. The Kier molecular flexibility index (Phi) is 3.98. The molecule has 0 aromatic heterocycles. The van der Waals surface area contributed by atoms with Crippen molar-refractivity contribution in [1.29, 1.82) is 0 Å². The summed E-state index contributed by atoms with van der Waals surface area (Å²) in [7, 11) is 0. The molecule has 2 atom stereocenters. The predicted octanol–water partition coefficient (Wildman–Crippen LogP) is 0.668. The minimum atomic E-state index is -0.953. The first-order valence-electron chi connectivity index (χ1n) is 5.66. The standard InChI is InChI=1S/C11H20N2O4/c1-7-5-12-8(9(14)15)6-13(7)10(16)17-11(2,3)4/h7-8,12H,5-6H2,1-4H3,(H,14,15)/t7-,8+/m0/s1. The van der Waals surface area contributed by atoms with E-state index in [1.54, 1.807) is 20.8 Å². The summed E-state index contributed by atoms with van der Waals surface area (Å²) in [6, 6.07) is -0.792. The number of aliphatic carboxylic acids is 1. The van der Waals surface area contributed by atoms with E-state index in [0.29, 0.717) is 6.54 Å². The second-order valence-corrected chi connectivity index (χ2v) is 5.28. The second-order valence-electron chi connectivity index (χ2n) is 5.28. The summed E-state index contributed by atoms with van der Waals surface area (Å²) in [5, 5.41) is 11.8. The van der Waals surface area contributed by atoms with Gasteiger partial charge in [0.25, 0.3) is 0 Å². The van der Waals surface area contributed by atoms with Crippen LogP contribution in [-0.4, -0.2) is 52.8 Å². The van der Waals surface area contributed by atoms with Crippen molar-refractivity contribution in [2.75, 3.05) is 13.1 Å². The number of hydrogen-bond donors (Lipinski definition) is 2. The van der Waals surface area contributed by atoms with E-state index in [1.165, 1.54) is 4.90 Å². The van der Waals surface area contributed by atoms with Crippen molar-refractivity contribution < 1.29 is 19.4 Å². The number of carbonyl (C=O) groups is 2. The fraction of sp³-hybridized carbons (Fsp3) is 0.818. The van der Waals surface area contributed by atoms with E-state index in [4.69, 9.17) is 9.84 Å². The van der Waals surface area contributed by atoms with Crippen molar-refractivity contribution in [3.8, 4) is 0 Å². The van der Waals surface area contributed by atoms with Crippen LogP contribution in [0.5, 0.6) is 0 Å². The van der Waals surface area contributed by atoms with E-state index < -0.39 is 23.7 Å². The molecule has 1 heterocycles. The van der Waals surface area contributed by atoms with E-state index in [2.05, 4.69) is 5.32 Å². The highest BCUT2D eigenvalue weighted by atomic mass is 16.6. The number of amides is 1. The normalized spacial score (nSPS) is 25.5. The summed E-state index contributed by atoms with van der Waals surface area (Å²) in [6.07, 6.45) is -0.460. The Bertz CT molecular complexity index is 311. The molecule has 2 N–H and O–H groups in total. The molecule has 0 unspecified atom stereocenters. The minimum Gasteiger partial charge on any atom is -0.480 e. The van der Waals surface area contributed by atoms with E-state index in [0.717, 1.165) is 0 Å². The van der Waals surface area contributed by atoms with Crippen molar-refractivity contribution in [2.45, 2.75) is 45.4 Å². The van der Waals surface area contributed by atoms with Gasteiger partial charge in [-0.15, -0.1) is 0 Å². The van der Waals surface area contributed by atoms with Gasteiger partial charge < -0.3 is 20.1 Å². The lowest BCUT2D eigenvalue weighted by molar-refractivity contribution is -0.140. The van der Waals surface area contributed by atoms with E-state index >= 15 is 0 Å². The zero-order chi connectivity index (χ0) is 13.2. The van der Waals surface area contributed by atoms with Gasteiger partial charge in [0.05, 0.1) is 6.54 Å². The van der Waals surface area contributed by atoms with Crippen LogP contribution in [0, 0.1) is 0 Å². The highest BCUT2D eigenvalue weighted by Gasteiger charge is 2.34. The van der Waals surface area contributed by atoms with Gasteiger partial charge in [0.2, 0.25) is 0 Å². The molecule has 1 rings (SSSR count). The van der Waals surface area contributed by atoms with Crippen molar-refractivity contribution >= 4 is 12.1 Å². The monoisotopic (exact) mass is 244 g/mol. The van der Waals surface area contributed by atoms with Gasteiger partial charge >= 0.3 is 12.1 Å². The Morgan fingerprint density at radius 2 is 2.00 bits per heavy atom. The van der Waals surface area contributed by atoms with Crippen molar-refractivity contribution in [1.82, 2.24) is 10.2 Å². The molecule has 98 valence electrons. The molecule has 0 aromatic carbocycles. The molecular weight excluding hydrogens is 224 g/mol. The number of nitrogens with zero attached hydrogens (tertiary/aromatic N) is 1. The Balaban J connectivity index is 2.67. The molecule has 1 amide bonds. The second kappa shape index (κ2) is 4.91. The minimum absolute atomic E-state index is 0.0690. The van der Waals surface area contributed by atoms with Gasteiger partial charge in [-0.3, -0.25) is 4.79 Å². The molecule has 1 aliphatic heterocycles. The summed E-state index contributed by atoms with van der Waals surface area (Å²) in [4.78, 5) is 24.2. The predicted molar refractivity (Wildman–Crippen MR) is 61.8 cm³/mol. The molecule has 0 bridgehead atoms. The van der Waals surface area contributed by atoms with Crippen LogP contribution < -0.4 is 5.32 Å². The van der Waals surface area contributed by atoms with Crippen LogP contribution in [0.4, 0.5) is 4.79 Å². The lowest BCUT2D eigenvalue weighted by atomic mass is 10.1. The summed E-state index contributed by atoms with van der Waals surface area (Å²) in [6.45, 7) is 7.79. The number of piperazine rings is 1. The van der Waals surface area contributed by atoms with Crippen LogP contribution in [0.2, 0.25) is 0 Å². The first kappa shape index (κ1) is 13.8. The lowest BCUT2D eigenvalue weighted by Gasteiger charge is -2.37. The molecule has 6 heteroatoms. The maximum atomic E-state index is 11.9. The van der Waals surface area contributed by atoms with Gasteiger partial charge in [0, 0.05) is 12.6 Å². The molecule has 0 spiro atoms. The summed E-state index contributed by atoms with van der Waals surface area (Å²) >= 11 is 0. The van der Waals surface area contributed by atoms with Crippen molar-refractivity contribution in [3.63, 3.8) is 0 Å². The highest BCUT2D eigenvalue weighted by molar-refractivity contribution is 5.76. The fourth-order valence-corrected chi connectivity index (χ4v) is 1.60. The molecule has 1 saturated heterocycles. The maximum absolute atomic E-state index is 11.9. The number of nitrogens with one attached hydrogen (secondary N) is 1. The quantitative estimate of drug-likeness (QED) is 0.708. The van der Waals surface area contributed by atoms with Crippen molar-refractivity contribution in [2.24, 2.45) is 0 Å². The number of hydrogen-bond acceptors (Lipinski definition) is 4. The third kappa shape index (κ3) is 3.89. The van der Waals surface area contributed by atoms with Crippen LogP contribution >= 0.6 is 0 Å². The van der Waals surface area contributed by atoms with Crippen LogP contribution in [-0.2, 0) is 9.53 Å². The van der Waals surface area contributed by atoms with Gasteiger partial charge in [-0.05, 0) is 27.7 Å². The smallest absolute Gasteiger partial charge is 0.410 e. The molecule has 1 fully saturated rings. The van der Waals surface area contributed by atoms with Crippen molar-refractivity contribution in [3.05, 3.63) is 0 Å². The Morgan fingerprint density at radius 3 is 2.47 bits per heavy atom. The molecule has 0 saturated carbocycles.